The molecular formula is C19H24N2O4S. The number of hydrogen-bond donors (Lipinski definition) is 0. The van der Waals surface area contributed by atoms with Crippen LogP contribution in [0.1, 0.15) is 19.3 Å². The van der Waals surface area contributed by atoms with E-state index in [-0.39, 0.29) is 11.8 Å². The lowest BCUT2D eigenvalue weighted by Gasteiger charge is -2.19. The predicted octanol–water partition coefficient (Wildman–Crippen LogP) is 3.61. The third-order valence-corrected chi connectivity index (χ3v) is 5.19. The molecule has 1 amide bonds. The fourth-order valence-electron chi connectivity index (χ4n) is 2.74. The van der Waals surface area contributed by atoms with Gasteiger partial charge in [0.2, 0.25) is 5.91 Å². The highest BCUT2D eigenvalue weighted by molar-refractivity contribution is 7.14. The number of carbonyl (C=O) groups excluding carboxylic acids is 1. The first-order valence-corrected chi connectivity index (χ1v) is 9.54. The summed E-state index contributed by atoms with van der Waals surface area (Å²) >= 11 is 1.47. The number of aromatic nitrogens is 1. The number of benzene rings is 1. The average molecular weight is 376 g/mol. The Kier molecular flexibility index (Phi) is 6.11. The van der Waals surface area contributed by atoms with Crippen LogP contribution in [0.5, 0.6) is 11.5 Å². The molecule has 26 heavy (non-hydrogen) atoms. The van der Waals surface area contributed by atoms with Gasteiger partial charge in [0, 0.05) is 37.1 Å². The molecular weight excluding hydrogens is 352 g/mol. The summed E-state index contributed by atoms with van der Waals surface area (Å²) in [4.78, 5) is 19.2. The van der Waals surface area contributed by atoms with Gasteiger partial charge < -0.3 is 14.2 Å². The molecule has 1 heterocycles. The molecule has 0 bridgehead atoms. The Morgan fingerprint density at radius 1 is 1.27 bits per heavy atom. The average Bonchev–Trinajstić information content (AvgIpc) is 3.42. The van der Waals surface area contributed by atoms with Crippen LogP contribution in [0, 0.1) is 5.92 Å². The van der Waals surface area contributed by atoms with Crippen LogP contribution in [0.3, 0.4) is 0 Å². The molecule has 2 aromatic rings. The number of thiazole rings is 1. The summed E-state index contributed by atoms with van der Waals surface area (Å²) < 4.78 is 15.9. The van der Waals surface area contributed by atoms with E-state index in [1.807, 2.05) is 23.6 Å². The van der Waals surface area contributed by atoms with E-state index >= 15 is 0 Å². The maximum atomic E-state index is 12.7. The molecule has 3 rings (SSSR count). The van der Waals surface area contributed by atoms with Gasteiger partial charge in [-0.15, -0.1) is 11.3 Å². The van der Waals surface area contributed by atoms with Gasteiger partial charge in [-0.05, 0) is 37.5 Å². The summed E-state index contributed by atoms with van der Waals surface area (Å²) in [7, 11) is 4.93. The number of anilines is 1. The van der Waals surface area contributed by atoms with Crippen LogP contribution in [-0.2, 0) is 9.53 Å². The van der Waals surface area contributed by atoms with E-state index in [1.165, 1.54) is 11.3 Å². The van der Waals surface area contributed by atoms with Crippen LogP contribution in [0.15, 0.2) is 23.6 Å². The summed E-state index contributed by atoms with van der Waals surface area (Å²) in [6.45, 7) is 1.24. The normalized spacial score (nSPS) is 13.5. The van der Waals surface area contributed by atoms with Crippen molar-refractivity contribution >= 4 is 22.4 Å². The molecule has 7 heteroatoms. The minimum atomic E-state index is 0.149. The Balaban J connectivity index is 1.87. The topological polar surface area (TPSA) is 60.9 Å². The monoisotopic (exact) mass is 376 g/mol. The second-order valence-corrected chi connectivity index (χ2v) is 7.03. The van der Waals surface area contributed by atoms with Crippen molar-refractivity contribution in [3.8, 4) is 22.8 Å². The Bertz CT molecular complexity index is 758. The molecule has 0 unspecified atom stereocenters. The maximum Gasteiger partial charge on any atom is 0.231 e. The van der Waals surface area contributed by atoms with E-state index in [9.17, 15) is 4.79 Å². The van der Waals surface area contributed by atoms with Gasteiger partial charge in [0.25, 0.3) is 0 Å². The van der Waals surface area contributed by atoms with Gasteiger partial charge in [-0.3, -0.25) is 9.69 Å². The first-order valence-electron chi connectivity index (χ1n) is 8.66. The summed E-state index contributed by atoms with van der Waals surface area (Å²) in [5.74, 6) is 1.78. The molecule has 6 nitrogen and oxygen atoms in total. The predicted molar refractivity (Wildman–Crippen MR) is 102 cm³/mol. The third kappa shape index (κ3) is 4.16. The van der Waals surface area contributed by atoms with Gasteiger partial charge >= 0.3 is 0 Å². The lowest BCUT2D eigenvalue weighted by Crippen LogP contribution is -2.33. The summed E-state index contributed by atoms with van der Waals surface area (Å²) in [5.41, 5.74) is 1.63. The van der Waals surface area contributed by atoms with Crippen LogP contribution < -0.4 is 14.4 Å². The molecule has 1 aromatic heterocycles. The molecule has 0 aliphatic heterocycles. The highest BCUT2D eigenvalue weighted by atomic mass is 32.1. The van der Waals surface area contributed by atoms with E-state index in [0.717, 1.165) is 47.2 Å². The van der Waals surface area contributed by atoms with Crippen molar-refractivity contribution in [3.63, 3.8) is 0 Å². The van der Waals surface area contributed by atoms with Gasteiger partial charge in [-0.2, -0.15) is 0 Å². The highest BCUT2D eigenvalue weighted by Gasteiger charge is 2.35. The molecule has 0 atom stereocenters. The Hall–Kier alpha value is -2.12. The van der Waals surface area contributed by atoms with Crippen LogP contribution >= 0.6 is 11.3 Å². The van der Waals surface area contributed by atoms with Gasteiger partial charge in [-0.25, -0.2) is 4.98 Å². The van der Waals surface area contributed by atoms with Crippen LogP contribution in [0.25, 0.3) is 11.3 Å². The summed E-state index contributed by atoms with van der Waals surface area (Å²) in [5, 5.41) is 2.67. The zero-order valence-corrected chi connectivity index (χ0v) is 16.2. The van der Waals surface area contributed by atoms with Crippen molar-refractivity contribution in [2.24, 2.45) is 5.92 Å². The number of nitrogens with zero attached hydrogens (tertiary/aromatic N) is 2. The van der Waals surface area contributed by atoms with Crippen molar-refractivity contribution in [2.75, 3.05) is 39.4 Å². The van der Waals surface area contributed by atoms with Crippen molar-refractivity contribution in [3.05, 3.63) is 23.6 Å². The first kappa shape index (κ1) is 18.7. The largest absolute Gasteiger partial charge is 0.497 e. The lowest BCUT2D eigenvalue weighted by molar-refractivity contribution is -0.119. The molecule has 140 valence electrons. The molecule has 1 aliphatic carbocycles. The minimum Gasteiger partial charge on any atom is -0.497 e. The summed E-state index contributed by atoms with van der Waals surface area (Å²) in [6, 6.07) is 5.61. The Morgan fingerprint density at radius 2 is 2.08 bits per heavy atom. The van der Waals surface area contributed by atoms with Gasteiger partial charge in [0.1, 0.15) is 11.5 Å². The number of hydrogen-bond acceptors (Lipinski definition) is 6. The Labute approximate surface area is 157 Å². The van der Waals surface area contributed by atoms with Crippen molar-refractivity contribution in [1.29, 1.82) is 0 Å². The quantitative estimate of drug-likeness (QED) is 0.626. The van der Waals surface area contributed by atoms with Gasteiger partial charge in [-0.1, -0.05) is 0 Å². The highest BCUT2D eigenvalue weighted by Crippen LogP contribution is 2.38. The molecule has 1 aromatic carbocycles. The van der Waals surface area contributed by atoms with Crippen molar-refractivity contribution < 1.29 is 19.0 Å². The van der Waals surface area contributed by atoms with Crippen LogP contribution in [-0.4, -0.2) is 45.4 Å². The number of amides is 1. The van der Waals surface area contributed by atoms with E-state index < -0.39 is 0 Å². The van der Waals surface area contributed by atoms with E-state index in [4.69, 9.17) is 19.2 Å². The molecule has 1 saturated carbocycles. The maximum absolute atomic E-state index is 12.7. The molecule has 1 aliphatic rings. The van der Waals surface area contributed by atoms with Gasteiger partial charge in [0.05, 0.1) is 19.9 Å². The second kappa shape index (κ2) is 8.51. The molecule has 1 fully saturated rings. The first-order chi connectivity index (χ1) is 12.7. The molecule has 0 spiro atoms. The third-order valence-electron chi connectivity index (χ3n) is 4.33. The SMILES string of the molecule is COCCCN(C(=O)C1CC1)c1nc(-c2cc(OC)ccc2OC)cs1. The zero-order chi connectivity index (χ0) is 18.5. The number of carbonyl (C=O) groups is 1. The number of ether oxygens (including phenoxy) is 3. The zero-order valence-electron chi connectivity index (χ0n) is 15.4. The van der Waals surface area contributed by atoms with E-state index in [2.05, 4.69) is 0 Å². The van der Waals surface area contributed by atoms with Crippen molar-refractivity contribution in [1.82, 2.24) is 4.98 Å². The smallest absolute Gasteiger partial charge is 0.231 e. The van der Waals surface area contributed by atoms with Crippen molar-refractivity contribution in [2.45, 2.75) is 19.3 Å². The molecule has 0 saturated heterocycles. The Morgan fingerprint density at radius 3 is 2.73 bits per heavy atom. The van der Waals surface area contributed by atoms with Gasteiger partial charge in [0.15, 0.2) is 5.13 Å². The number of rotatable bonds is 9. The standard InChI is InChI=1S/C19H24N2O4S/c1-23-10-4-9-21(18(22)13-5-6-13)19-20-16(12-26-19)15-11-14(24-2)7-8-17(15)25-3/h7-8,11-13H,4-6,9-10H2,1-3H3. The minimum absolute atomic E-state index is 0.149. The second-order valence-electron chi connectivity index (χ2n) is 6.19. The fourth-order valence-corrected chi connectivity index (χ4v) is 3.60. The fraction of sp³-hybridized carbons (Fsp3) is 0.474. The summed E-state index contributed by atoms with van der Waals surface area (Å²) in [6.07, 6.45) is 2.73. The molecule has 0 radical (unpaired) electrons. The van der Waals surface area contributed by atoms with Crippen LogP contribution in [0.2, 0.25) is 0 Å². The lowest BCUT2D eigenvalue weighted by atomic mass is 10.1. The van der Waals surface area contributed by atoms with Crippen LogP contribution in [0.4, 0.5) is 5.13 Å². The van der Waals surface area contributed by atoms with E-state index in [1.54, 1.807) is 26.2 Å². The van der Waals surface area contributed by atoms with E-state index in [0.29, 0.717) is 13.2 Å². The molecule has 0 N–H and O–H groups in total. The number of methoxy groups -OCH3 is 3.